The van der Waals surface area contributed by atoms with Crippen molar-refractivity contribution in [2.24, 2.45) is 5.73 Å². The maximum atomic E-state index is 13.0. The molecule has 0 aromatic heterocycles. The van der Waals surface area contributed by atoms with Gasteiger partial charge in [0, 0.05) is 12.8 Å². The molecule has 0 aliphatic rings. The Hall–Kier alpha value is -4.63. The Bertz CT molecular complexity index is 1280. The molecule has 3 unspecified atom stereocenters. The molecule has 14 nitrogen and oxygen atoms in total. The third-order valence-electron chi connectivity index (χ3n) is 6.24. The molecule has 5 amide bonds. The van der Waals surface area contributed by atoms with Gasteiger partial charge in [-0.3, -0.25) is 24.0 Å². The molecule has 2 aromatic rings. The Morgan fingerprint density at radius 2 is 1.30 bits per heavy atom. The number of aromatic hydroxyl groups is 1. The van der Waals surface area contributed by atoms with E-state index in [0.29, 0.717) is 11.3 Å². The number of carboxylic acid groups (broad SMARTS) is 1. The van der Waals surface area contributed by atoms with Gasteiger partial charge in [-0.2, -0.15) is 11.8 Å². The summed E-state index contributed by atoms with van der Waals surface area (Å²) in [6.45, 7) is -1.39. The Morgan fingerprint density at radius 3 is 1.89 bits per heavy atom. The van der Waals surface area contributed by atoms with Crippen LogP contribution in [0.15, 0.2) is 54.6 Å². The second-order valence-electron chi connectivity index (χ2n) is 9.68. The first kappa shape index (κ1) is 35.6. The summed E-state index contributed by atoms with van der Waals surface area (Å²) < 4.78 is 0. The second kappa shape index (κ2) is 18.8. The first-order valence-corrected chi connectivity index (χ1v) is 15.1. The monoisotopic (exact) mass is 630 g/mol. The molecule has 2 aromatic carbocycles. The highest BCUT2D eigenvalue weighted by molar-refractivity contribution is 7.98. The fourth-order valence-electron chi connectivity index (χ4n) is 3.93. The molecular formula is C29H38N6O8S. The van der Waals surface area contributed by atoms with Crippen LogP contribution in [0.4, 0.5) is 0 Å². The zero-order chi connectivity index (χ0) is 32.5. The van der Waals surface area contributed by atoms with Crippen molar-refractivity contribution in [3.05, 3.63) is 65.7 Å². The van der Waals surface area contributed by atoms with E-state index in [2.05, 4.69) is 26.6 Å². The quantitative estimate of drug-likeness (QED) is 0.0966. The molecule has 238 valence electrons. The van der Waals surface area contributed by atoms with Crippen LogP contribution in [0.25, 0.3) is 0 Å². The minimum Gasteiger partial charge on any atom is -0.508 e. The molecule has 0 bridgehead atoms. The largest absolute Gasteiger partial charge is 0.508 e. The molecule has 0 heterocycles. The highest BCUT2D eigenvalue weighted by atomic mass is 32.2. The van der Waals surface area contributed by atoms with E-state index in [1.165, 1.54) is 23.9 Å². The molecule has 0 fully saturated rings. The van der Waals surface area contributed by atoms with E-state index in [1.54, 1.807) is 42.5 Å². The number of phenolic OH excluding ortho intramolecular Hbond substituents is 1. The van der Waals surface area contributed by atoms with Gasteiger partial charge in [-0.05, 0) is 41.7 Å². The van der Waals surface area contributed by atoms with Crippen LogP contribution in [0.1, 0.15) is 17.5 Å². The molecule has 9 N–H and O–H groups in total. The highest BCUT2D eigenvalue weighted by Crippen LogP contribution is 2.11. The minimum absolute atomic E-state index is 0.0316. The SMILES string of the molecule is CSCCC(NC(=O)C(Cc1ccccc1)NC(=O)CNC(=O)CNC(=O)C(Cc1ccc(O)cc1)NC(=O)CN)C(=O)O. The lowest BCUT2D eigenvalue weighted by Crippen LogP contribution is -2.54. The summed E-state index contributed by atoms with van der Waals surface area (Å²) in [6.07, 6.45) is 2.15. The Kier molecular flexibility index (Phi) is 15.2. The van der Waals surface area contributed by atoms with Crippen molar-refractivity contribution in [2.75, 3.05) is 31.6 Å². The minimum atomic E-state index is -1.20. The zero-order valence-electron chi connectivity index (χ0n) is 24.2. The average molecular weight is 631 g/mol. The highest BCUT2D eigenvalue weighted by Gasteiger charge is 2.27. The summed E-state index contributed by atoms with van der Waals surface area (Å²) in [5.74, 6) is -4.03. The number of carboxylic acids is 1. The van der Waals surface area contributed by atoms with Gasteiger partial charge in [0.25, 0.3) is 0 Å². The Morgan fingerprint density at radius 1 is 0.727 bits per heavy atom. The van der Waals surface area contributed by atoms with Crippen molar-refractivity contribution in [3.8, 4) is 5.75 Å². The predicted octanol–water partition coefficient (Wildman–Crippen LogP) is -1.34. The molecule has 0 saturated heterocycles. The third kappa shape index (κ3) is 13.1. The molecule has 0 aliphatic heterocycles. The fourth-order valence-corrected chi connectivity index (χ4v) is 4.40. The van der Waals surface area contributed by atoms with Crippen LogP contribution in [0.3, 0.4) is 0 Å². The van der Waals surface area contributed by atoms with Crippen LogP contribution in [-0.2, 0) is 41.6 Å². The molecule has 15 heteroatoms. The smallest absolute Gasteiger partial charge is 0.326 e. The van der Waals surface area contributed by atoms with E-state index >= 15 is 0 Å². The van der Waals surface area contributed by atoms with Crippen molar-refractivity contribution in [3.63, 3.8) is 0 Å². The fraction of sp³-hybridized carbons (Fsp3) is 0.379. The summed E-state index contributed by atoms with van der Waals surface area (Å²) in [6, 6.07) is 11.5. The van der Waals surface area contributed by atoms with Gasteiger partial charge in [-0.1, -0.05) is 42.5 Å². The van der Waals surface area contributed by atoms with Gasteiger partial charge in [-0.15, -0.1) is 0 Å². The molecule has 0 aliphatic carbocycles. The number of hydrogen-bond acceptors (Lipinski definition) is 9. The number of hydrogen-bond donors (Lipinski definition) is 8. The van der Waals surface area contributed by atoms with Crippen LogP contribution in [0.5, 0.6) is 5.75 Å². The summed E-state index contributed by atoms with van der Waals surface area (Å²) in [5, 5.41) is 31.2. The zero-order valence-corrected chi connectivity index (χ0v) is 25.0. The lowest BCUT2D eigenvalue weighted by molar-refractivity contribution is -0.142. The van der Waals surface area contributed by atoms with Crippen molar-refractivity contribution < 1.29 is 39.0 Å². The lowest BCUT2D eigenvalue weighted by atomic mass is 10.0. The normalized spacial score (nSPS) is 12.6. The molecule has 0 saturated carbocycles. The number of phenols is 1. The lowest BCUT2D eigenvalue weighted by Gasteiger charge is -2.22. The average Bonchev–Trinajstić information content (AvgIpc) is 3.01. The van der Waals surface area contributed by atoms with E-state index < -0.39 is 66.7 Å². The second-order valence-corrected chi connectivity index (χ2v) is 10.7. The Balaban J connectivity index is 1.95. The summed E-state index contributed by atoms with van der Waals surface area (Å²) >= 11 is 1.43. The molecule has 44 heavy (non-hydrogen) atoms. The number of thioether (sulfide) groups is 1. The van der Waals surface area contributed by atoms with Crippen molar-refractivity contribution in [1.82, 2.24) is 26.6 Å². The van der Waals surface area contributed by atoms with E-state index in [0.717, 1.165) is 5.56 Å². The summed E-state index contributed by atoms with van der Waals surface area (Å²) in [7, 11) is 0. The van der Waals surface area contributed by atoms with Gasteiger partial charge in [-0.25, -0.2) is 4.79 Å². The number of carbonyl (C=O) groups is 6. The number of amides is 5. The standard InChI is InChI=1S/C29H38N6O8S/c1-44-12-11-21(29(42)43)35-28(41)23(13-18-5-3-2-4-6-18)34-26(39)17-31-25(38)16-32-27(40)22(33-24(37)15-30)14-19-7-9-20(36)10-8-19/h2-10,21-23,36H,11-17,30H2,1H3,(H,31,38)(H,32,40)(H,33,37)(H,34,39)(H,35,41)(H,42,43). The van der Waals surface area contributed by atoms with E-state index in [-0.39, 0.29) is 31.6 Å². The predicted molar refractivity (Wildman–Crippen MR) is 163 cm³/mol. The van der Waals surface area contributed by atoms with Crippen molar-refractivity contribution in [2.45, 2.75) is 37.4 Å². The Labute approximate surface area is 258 Å². The van der Waals surface area contributed by atoms with E-state index in [4.69, 9.17) is 5.73 Å². The topological polar surface area (TPSA) is 229 Å². The van der Waals surface area contributed by atoms with Gasteiger partial charge in [0.15, 0.2) is 0 Å². The van der Waals surface area contributed by atoms with Gasteiger partial charge < -0.3 is 42.5 Å². The molecule has 0 spiro atoms. The van der Waals surface area contributed by atoms with Gasteiger partial charge in [0.1, 0.15) is 23.9 Å². The van der Waals surface area contributed by atoms with Crippen LogP contribution in [-0.4, -0.2) is 95.5 Å². The maximum Gasteiger partial charge on any atom is 0.326 e. The molecule has 3 atom stereocenters. The van der Waals surface area contributed by atoms with Crippen LogP contribution in [0.2, 0.25) is 0 Å². The molecule has 0 radical (unpaired) electrons. The first-order valence-electron chi connectivity index (χ1n) is 13.7. The van der Waals surface area contributed by atoms with Crippen molar-refractivity contribution in [1.29, 1.82) is 0 Å². The van der Waals surface area contributed by atoms with Gasteiger partial charge in [0.05, 0.1) is 19.6 Å². The summed E-state index contributed by atoms with van der Waals surface area (Å²) in [5.41, 5.74) is 6.70. The summed E-state index contributed by atoms with van der Waals surface area (Å²) in [4.78, 5) is 74.3. The van der Waals surface area contributed by atoms with E-state index in [9.17, 15) is 39.0 Å². The van der Waals surface area contributed by atoms with Gasteiger partial charge in [0.2, 0.25) is 29.5 Å². The molecular weight excluding hydrogens is 592 g/mol. The maximum absolute atomic E-state index is 13.0. The van der Waals surface area contributed by atoms with Gasteiger partial charge >= 0.3 is 5.97 Å². The van der Waals surface area contributed by atoms with Crippen molar-refractivity contribution >= 4 is 47.3 Å². The number of benzene rings is 2. The number of nitrogens with two attached hydrogens (primary N) is 1. The van der Waals surface area contributed by atoms with Crippen LogP contribution in [0, 0.1) is 0 Å². The van der Waals surface area contributed by atoms with E-state index in [1.807, 2.05) is 6.26 Å². The first-order chi connectivity index (χ1) is 21.0. The number of nitrogens with one attached hydrogen (secondary N) is 5. The number of carbonyl (C=O) groups excluding carboxylic acids is 5. The third-order valence-corrected chi connectivity index (χ3v) is 6.89. The van der Waals surface area contributed by atoms with Crippen LogP contribution >= 0.6 is 11.8 Å². The number of aliphatic carboxylic acids is 1. The molecule has 2 rings (SSSR count). The van der Waals surface area contributed by atoms with Crippen LogP contribution < -0.4 is 32.3 Å². The number of rotatable bonds is 18.